The third-order valence-electron chi connectivity index (χ3n) is 2.09. The van der Waals surface area contributed by atoms with Crippen molar-refractivity contribution in [3.05, 3.63) is 22.7 Å². The number of anilines is 1. The van der Waals surface area contributed by atoms with Crippen molar-refractivity contribution in [2.45, 2.75) is 12.8 Å². The van der Waals surface area contributed by atoms with E-state index in [1.54, 1.807) is 0 Å². The van der Waals surface area contributed by atoms with E-state index in [1.807, 2.05) is 12.1 Å². The molecule has 1 aliphatic heterocycles. The lowest BCUT2D eigenvalue weighted by Gasteiger charge is -2.16. The largest absolute Gasteiger partial charge is 0.491 e. The van der Waals surface area contributed by atoms with Gasteiger partial charge < -0.3 is 10.1 Å². The van der Waals surface area contributed by atoms with Crippen LogP contribution in [-0.2, 0) is 0 Å². The van der Waals surface area contributed by atoms with E-state index in [-0.39, 0.29) is 0 Å². The first-order valence-electron chi connectivity index (χ1n) is 4.52. The van der Waals surface area contributed by atoms with E-state index in [0.29, 0.717) is 0 Å². The van der Waals surface area contributed by atoms with E-state index in [2.05, 4.69) is 27.3 Å². The molecule has 0 atom stereocenters. The molecule has 3 heteroatoms. The number of benzene rings is 1. The smallest absolute Gasteiger partial charge is 0.142 e. The molecule has 0 unspecified atom stereocenters. The van der Waals surface area contributed by atoms with E-state index in [1.165, 1.54) is 6.42 Å². The van der Waals surface area contributed by atoms with Crippen molar-refractivity contribution in [3.63, 3.8) is 0 Å². The number of hydrogen-bond donors (Lipinski definition) is 1. The highest BCUT2D eigenvalue weighted by Crippen LogP contribution is 2.29. The molecule has 0 bridgehead atoms. The van der Waals surface area contributed by atoms with Crippen LogP contribution in [-0.4, -0.2) is 13.2 Å². The lowest BCUT2D eigenvalue weighted by Crippen LogP contribution is -2.10. The molecular weight excluding hydrogens is 230 g/mol. The molecule has 1 N–H and O–H groups in total. The Bertz CT molecular complexity index is 301. The van der Waals surface area contributed by atoms with Crippen LogP contribution in [0.25, 0.3) is 0 Å². The summed E-state index contributed by atoms with van der Waals surface area (Å²) in [5, 5.41) is 3.35. The summed E-state index contributed by atoms with van der Waals surface area (Å²) in [4.78, 5) is 0. The van der Waals surface area contributed by atoms with Crippen LogP contribution in [0, 0.1) is 0 Å². The summed E-state index contributed by atoms with van der Waals surface area (Å²) in [7, 11) is 0. The molecule has 2 rings (SSSR count). The molecule has 1 aromatic rings. The second-order valence-corrected chi connectivity index (χ2v) is 4.04. The van der Waals surface area contributed by atoms with Crippen LogP contribution in [0.3, 0.4) is 0 Å². The molecule has 70 valence electrons. The molecule has 2 nitrogen and oxygen atoms in total. The summed E-state index contributed by atoms with van der Waals surface area (Å²) in [6, 6.07) is 6.06. The first kappa shape index (κ1) is 8.88. The molecular formula is C10H12BrNO. The number of halogens is 1. The summed E-state index contributed by atoms with van der Waals surface area (Å²) in [5.41, 5.74) is 1.09. The van der Waals surface area contributed by atoms with E-state index < -0.39 is 0 Å². The van der Waals surface area contributed by atoms with Gasteiger partial charge in [0.15, 0.2) is 0 Å². The fraction of sp³-hybridized carbons (Fsp3) is 0.400. The normalized spacial score (nSPS) is 16.1. The van der Waals surface area contributed by atoms with Crippen molar-refractivity contribution in [2.24, 2.45) is 0 Å². The Kier molecular flexibility index (Phi) is 2.74. The van der Waals surface area contributed by atoms with Gasteiger partial charge >= 0.3 is 0 Å². The monoisotopic (exact) mass is 241 g/mol. The van der Waals surface area contributed by atoms with Crippen LogP contribution in [0.2, 0.25) is 0 Å². The second kappa shape index (κ2) is 4.01. The van der Waals surface area contributed by atoms with E-state index in [4.69, 9.17) is 4.74 Å². The van der Waals surface area contributed by atoms with E-state index >= 15 is 0 Å². The highest BCUT2D eigenvalue weighted by atomic mass is 79.9. The van der Waals surface area contributed by atoms with Gasteiger partial charge in [-0.1, -0.05) is 15.9 Å². The molecule has 0 amide bonds. The Morgan fingerprint density at radius 2 is 2.23 bits per heavy atom. The minimum Gasteiger partial charge on any atom is -0.491 e. The Morgan fingerprint density at radius 3 is 3.15 bits per heavy atom. The highest BCUT2D eigenvalue weighted by Gasteiger charge is 2.06. The number of ether oxygens (including phenoxy) is 1. The molecule has 0 aliphatic carbocycles. The van der Waals surface area contributed by atoms with Crippen LogP contribution in [0.1, 0.15) is 12.8 Å². The minimum absolute atomic E-state index is 0.830. The minimum atomic E-state index is 0.830. The molecule has 0 fully saturated rings. The Hall–Kier alpha value is -0.700. The number of nitrogens with one attached hydrogen (secondary N) is 1. The molecule has 0 saturated carbocycles. The van der Waals surface area contributed by atoms with Crippen molar-refractivity contribution in [1.29, 1.82) is 0 Å². The average molecular weight is 242 g/mol. The molecule has 0 saturated heterocycles. The third-order valence-corrected chi connectivity index (χ3v) is 2.58. The van der Waals surface area contributed by atoms with Crippen LogP contribution in [0.5, 0.6) is 5.75 Å². The summed E-state index contributed by atoms with van der Waals surface area (Å²) in [6.07, 6.45) is 2.30. The van der Waals surface area contributed by atoms with Crippen molar-refractivity contribution >= 4 is 21.6 Å². The molecule has 1 aromatic carbocycles. The predicted molar refractivity (Wildman–Crippen MR) is 57.4 cm³/mol. The number of hydrogen-bond acceptors (Lipinski definition) is 2. The van der Waals surface area contributed by atoms with Crippen molar-refractivity contribution in [3.8, 4) is 5.75 Å². The molecule has 0 radical (unpaired) electrons. The number of fused-ring (bicyclic) bond motifs is 1. The second-order valence-electron chi connectivity index (χ2n) is 3.12. The van der Waals surface area contributed by atoms with Crippen molar-refractivity contribution in [2.75, 3.05) is 18.5 Å². The Morgan fingerprint density at radius 1 is 1.31 bits per heavy atom. The SMILES string of the molecule is Brc1ccc2c(c1)NCCCCO2. The molecule has 0 aromatic heterocycles. The van der Waals surface area contributed by atoms with E-state index in [0.717, 1.165) is 35.5 Å². The van der Waals surface area contributed by atoms with Crippen molar-refractivity contribution in [1.82, 2.24) is 0 Å². The van der Waals surface area contributed by atoms with Gasteiger partial charge in [0.25, 0.3) is 0 Å². The molecule has 13 heavy (non-hydrogen) atoms. The summed E-state index contributed by atoms with van der Waals surface area (Å²) < 4.78 is 6.69. The average Bonchev–Trinajstić information content (AvgIpc) is 2.08. The highest BCUT2D eigenvalue weighted by molar-refractivity contribution is 9.10. The molecule has 0 spiro atoms. The van der Waals surface area contributed by atoms with Gasteiger partial charge in [-0.3, -0.25) is 0 Å². The Balaban J connectivity index is 2.28. The number of rotatable bonds is 0. The van der Waals surface area contributed by atoms with Gasteiger partial charge in [-0.15, -0.1) is 0 Å². The quantitative estimate of drug-likeness (QED) is 0.754. The maximum Gasteiger partial charge on any atom is 0.142 e. The van der Waals surface area contributed by atoms with Crippen LogP contribution < -0.4 is 10.1 Å². The van der Waals surface area contributed by atoms with Gasteiger partial charge in [0, 0.05) is 11.0 Å². The van der Waals surface area contributed by atoms with Gasteiger partial charge in [-0.2, -0.15) is 0 Å². The Labute approximate surface area is 86.4 Å². The van der Waals surface area contributed by atoms with Crippen LogP contribution in [0.4, 0.5) is 5.69 Å². The molecule has 1 aliphatic rings. The summed E-state index contributed by atoms with van der Waals surface area (Å²) in [5.74, 6) is 0.961. The fourth-order valence-corrected chi connectivity index (χ4v) is 1.76. The molecule has 1 heterocycles. The summed E-state index contributed by atoms with van der Waals surface area (Å²) >= 11 is 3.44. The fourth-order valence-electron chi connectivity index (χ4n) is 1.40. The van der Waals surface area contributed by atoms with E-state index in [9.17, 15) is 0 Å². The van der Waals surface area contributed by atoms with Gasteiger partial charge in [0.05, 0.1) is 12.3 Å². The van der Waals surface area contributed by atoms with Gasteiger partial charge in [-0.25, -0.2) is 0 Å². The standard InChI is InChI=1S/C10H12BrNO/c11-8-3-4-10-9(7-8)12-5-1-2-6-13-10/h3-4,7,12H,1-2,5-6H2. The maximum atomic E-state index is 5.60. The lowest BCUT2D eigenvalue weighted by molar-refractivity contribution is 0.306. The first-order valence-corrected chi connectivity index (χ1v) is 5.32. The first-order chi connectivity index (χ1) is 6.36. The zero-order chi connectivity index (χ0) is 9.10. The zero-order valence-corrected chi connectivity index (χ0v) is 8.93. The van der Waals surface area contributed by atoms with Crippen LogP contribution >= 0.6 is 15.9 Å². The third kappa shape index (κ3) is 2.15. The topological polar surface area (TPSA) is 21.3 Å². The van der Waals surface area contributed by atoms with Crippen molar-refractivity contribution < 1.29 is 4.74 Å². The zero-order valence-electron chi connectivity index (χ0n) is 7.35. The van der Waals surface area contributed by atoms with Crippen LogP contribution in [0.15, 0.2) is 22.7 Å². The van der Waals surface area contributed by atoms with Gasteiger partial charge in [-0.05, 0) is 31.0 Å². The maximum absolute atomic E-state index is 5.60. The lowest BCUT2D eigenvalue weighted by atomic mass is 10.2. The summed E-state index contributed by atoms with van der Waals surface area (Å²) in [6.45, 7) is 1.86. The predicted octanol–water partition coefficient (Wildman–Crippen LogP) is 3.03. The van der Waals surface area contributed by atoms with Gasteiger partial charge in [0.1, 0.15) is 5.75 Å². The van der Waals surface area contributed by atoms with Gasteiger partial charge in [0.2, 0.25) is 0 Å².